The molecule has 0 atom stereocenters. The summed E-state index contributed by atoms with van der Waals surface area (Å²) < 4.78 is 6.38. The molecule has 4 heteroatoms. The molecule has 0 amide bonds. The van der Waals surface area contributed by atoms with Crippen molar-refractivity contribution in [2.24, 2.45) is 0 Å². The van der Waals surface area contributed by atoms with E-state index >= 15 is 0 Å². The molecule has 1 aromatic rings. The van der Waals surface area contributed by atoms with Crippen molar-refractivity contribution >= 4 is 21.7 Å². The van der Waals surface area contributed by atoms with E-state index in [2.05, 4.69) is 33.2 Å². The van der Waals surface area contributed by atoms with Crippen LogP contribution in [-0.4, -0.2) is 24.7 Å². The molecule has 0 saturated heterocycles. The van der Waals surface area contributed by atoms with Crippen LogP contribution in [0.1, 0.15) is 19.8 Å². The Balaban J connectivity index is 2.12. The summed E-state index contributed by atoms with van der Waals surface area (Å²) in [6, 6.07) is 3.88. The van der Waals surface area contributed by atoms with Crippen LogP contribution in [0.3, 0.4) is 0 Å². The maximum Gasteiger partial charge on any atom is 0.140 e. The summed E-state index contributed by atoms with van der Waals surface area (Å²) in [6.45, 7) is 4.67. The number of rotatable bonds is 7. The first kappa shape index (κ1) is 12.5. The second-order valence-electron chi connectivity index (χ2n) is 3.23. The molecule has 0 bridgehead atoms. The summed E-state index contributed by atoms with van der Waals surface area (Å²) in [6.07, 6.45) is 3.86. The predicted molar refractivity (Wildman–Crippen MR) is 66.2 cm³/mol. The van der Waals surface area contributed by atoms with Gasteiger partial charge in [0, 0.05) is 26.0 Å². The summed E-state index contributed by atoms with van der Waals surface area (Å²) >= 11 is 3.43. The Morgan fingerprint density at radius 1 is 1.47 bits per heavy atom. The monoisotopic (exact) mass is 272 g/mol. The van der Waals surface area contributed by atoms with Gasteiger partial charge >= 0.3 is 0 Å². The second-order valence-corrected chi connectivity index (χ2v) is 4.08. The Hall–Kier alpha value is -0.610. The van der Waals surface area contributed by atoms with E-state index in [1.54, 1.807) is 6.20 Å². The van der Waals surface area contributed by atoms with E-state index < -0.39 is 0 Å². The minimum absolute atomic E-state index is 0.811. The Bertz CT molecular complexity index is 281. The lowest BCUT2D eigenvalue weighted by atomic mass is 10.4. The molecule has 0 aliphatic rings. The zero-order valence-electron chi connectivity index (χ0n) is 9.00. The van der Waals surface area contributed by atoms with Crippen LogP contribution in [0, 0.1) is 0 Å². The third-order valence-corrected chi connectivity index (χ3v) is 2.50. The zero-order valence-corrected chi connectivity index (χ0v) is 10.6. The summed E-state index contributed by atoms with van der Waals surface area (Å²) in [7, 11) is 0. The van der Waals surface area contributed by atoms with Gasteiger partial charge in [-0.15, -0.1) is 0 Å². The van der Waals surface area contributed by atoms with Gasteiger partial charge in [-0.1, -0.05) is 6.92 Å². The van der Waals surface area contributed by atoms with Crippen LogP contribution < -0.4 is 5.32 Å². The molecule has 0 fully saturated rings. The highest BCUT2D eigenvalue weighted by Crippen LogP contribution is 2.17. The van der Waals surface area contributed by atoms with Crippen molar-refractivity contribution in [3.8, 4) is 0 Å². The van der Waals surface area contributed by atoms with E-state index in [1.807, 2.05) is 12.1 Å². The van der Waals surface area contributed by atoms with Crippen LogP contribution in [0.15, 0.2) is 22.8 Å². The molecule has 15 heavy (non-hydrogen) atoms. The summed E-state index contributed by atoms with van der Waals surface area (Å²) in [5, 5.41) is 3.25. The smallest absolute Gasteiger partial charge is 0.140 e. The van der Waals surface area contributed by atoms with Crippen molar-refractivity contribution in [2.75, 3.05) is 25.1 Å². The number of nitrogens with zero attached hydrogens (tertiary/aromatic N) is 1. The quantitative estimate of drug-likeness (QED) is 0.775. The van der Waals surface area contributed by atoms with E-state index in [4.69, 9.17) is 4.74 Å². The van der Waals surface area contributed by atoms with Gasteiger partial charge in [-0.05, 0) is 40.9 Å². The van der Waals surface area contributed by atoms with Gasteiger partial charge in [-0.2, -0.15) is 0 Å². The average Bonchev–Trinajstić information content (AvgIpc) is 2.25. The van der Waals surface area contributed by atoms with Gasteiger partial charge < -0.3 is 10.1 Å². The van der Waals surface area contributed by atoms with Crippen LogP contribution in [0.25, 0.3) is 0 Å². The van der Waals surface area contributed by atoms with E-state index in [-0.39, 0.29) is 0 Å². The number of hydrogen-bond donors (Lipinski definition) is 1. The van der Waals surface area contributed by atoms with Crippen LogP contribution in [0.4, 0.5) is 5.82 Å². The Kier molecular flexibility index (Phi) is 6.36. The van der Waals surface area contributed by atoms with Crippen LogP contribution in [-0.2, 0) is 4.74 Å². The molecule has 0 aliphatic carbocycles. The van der Waals surface area contributed by atoms with Gasteiger partial charge in [0.25, 0.3) is 0 Å². The van der Waals surface area contributed by atoms with E-state index in [0.29, 0.717) is 0 Å². The number of anilines is 1. The molecular weight excluding hydrogens is 256 g/mol. The fraction of sp³-hybridized carbons (Fsp3) is 0.545. The Labute approximate surface area is 99.4 Å². The molecule has 0 unspecified atom stereocenters. The molecule has 84 valence electrons. The van der Waals surface area contributed by atoms with Crippen molar-refractivity contribution in [3.63, 3.8) is 0 Å². The van der Waals surface area contributed by atoms with Crippen LogP contribution in [0.5, 0.6) is 0 Å². The number of pyridine rings is 1. The first-order valence-corrected chi connectivity index (χ1v) is 6.06. The van der Waals surface area contributed by atoms with E-state index in [1.165, 1.54) is 0 Å². The molecule has 0 aliphatic heterocycles. The molecule has 0 radical (unpaired) electrons. The second kappa shape index (κ2) is 7.65. The van der Waals surface area contributed by atoms with Gasteiger partial charge in [-0.25, -0.2) is 4.98 Å². The third kappa shape index (κ3) is 5.14. The van der Waals surface area contributed by atoms with Crippen LogP contribution in [0.2, 0.25) is 0 Å². The minimum Gasteiger partial charge on any atom is -0.381 e. The van der Waals surface area contributed by atoms with Crippen molar-refractivity contribution in [1.29, 1.82) is 0 Å². The maximum absolute atomic E-state index is 5.38. The van der Waals surface area contributed by atoms with Gasteiger partial charge in [0.15, 0.2) is 0 Å². The first-order valence-electron chi connectivity index (χ1n) is 5.26. The van der Waals surface area contributed by atoms with E-state index in [9.17, 15) is 0 Å². The molecule has 3 nitrogen and oxygen atoms in total. The minimum atomic E-state index is 0.811. The van der Waals surface area contributed by atoms with Crippen molar-refractivity contribution < 1.29 is 4.74 Å². The zero-order chi connectivity index (χ0) is 10.9. The molecule has 0 aromatic carbocycles. The van der Waals surface area contributed by atoms with E-state index in [0.717, 1.165) is 42.9 Å². The largest absolute Gasteiger partial charge is 0.381 e. The number of hydrogen-bond acceptors (Lipinski definition) is 3. The van der Waals surface area contributed by atoms with Crippen molar-refractivity contribution in [2.45, 2.75) is 19.8 Å². The van der Waals surface area contributed by atoms with Gasteiger partial charge in [0.1, 0.15) is 5.82 Å². The predicted octanol–water partition coefficient (Wildman–Crippen LogP) is 3.07. The van der Waals surface area contributed by atoms with Crippen molar-refractivity contribution in [1.82, 2.24) is 4.98 Å². The van der Waals surface area contributed by atoms with Gasteiger partial charge in [0.2, 0.25) is 0 Å². The van der Waals surface area contributed by atoms with Crippen molar-refractivity contribution in [3.05, 3.63) is 22.8 Å². The number of halogens is 1. The van der Waals surface area contributed by atoms with Gasteiger partial charge in [0.05, 0.1) is 4.47 Å². The third-order valence-electron chi connectivity index (χ3n) is 1.86. The number of nitrogens with one attached hydrogen (secondary N) is 1. The lowest BCUT2D eigenvalue weighted by Gasteiger charge is -2.07. The van der Waals surface area contributed by atoms with Crippen LogP contribution >= 0.6 is 15.9 Å². The molecule has 1 N–H and O–H groups in total. The highest BCUT2D eigenvalue weighted by Gasteiger charge is 1.97. The average molecular weight is 273 g/mol. The summed E-state index contributed by atoms with van der Waals surface area (Å²) in [5.74, 6) is 0.896. The fourth-order valence-corrected chi connectivity index (χ4v) is 1.54. The molecule has 0 saturated carbocycles. The highest BCUT2D eigenvalue weighted by molar-refractivity contribution is 9.10. The molecule has 1 aromatic heterocycles. The maximum atomic E-state index is 5.38. The number of ether oxygens (including phenoxy) is 1. The molecule has 1 rings (SSSR count). The Morgan fingerprint density at radius 2 is 2.33 bits per heavy atom. The fourth-order valence-electron chi connectivity index (χ4n) is 1.14. The standard InChI is InChI=1S/C11H17BrN2O/c1-2-8-15-9-4-7-14-11-10(12)5-3-6-13-11/h3,5-6H,2,4,7-9H2,1H3,(H,13,14). The Morgan fingerprint density at radius 3 is 3.07 bits per heavy atom. The molecule has 0 spiro atoms. The molecule has 1 heterocycles. The topological polar surface area (TPSA) is 34.1 Å². The summed E-state index contributed by atoms with van der Waals surface area (Å²) in [4.78, 5) is 4.21. The lowest BCUT2D eigenvalue weighted by Crippen LogP contribution is -2.07. The highest BCUT2D eigenvalue weighted by atomic mass is 79.9. The molecular formula is C11H17BrN2O. The number of aromatic nitrogens is 1. The SMILES string of the molecule is CCCOCCCNc1ncccc1Br. The normalized spacial score (nSPS) is 10.3. The summed E-state index contributed by atoms with van der Waals surface area (Å²) in [5.41, 5.74) is 0. The first-order chi connectivity index (χ1) is 7.34. The lowest BCUT2D eigenvalue weighted by molar-refractivity contribution is 0.134. The van der Waals surface area contributed by atoms with Gasteiger partial charge in [-0.3, -0.25) is 0 Å².